The molecule has 4 N–H and O–H groups in total. The molecular formula is C24H17N7O3S3. The Morgan fingerprint density at radius 3 is 2.38 bits per heavy atom. The fourth-order valence-corrected chi connectivity index (χ4v) is 5.88. The molecule has 0 saturated heterocycles. The number of nitrogen functional groups attached to an aromatic ring is 1. The van der Waals surface area contributed by atoms with E-state index in [1.54, 1.807) is 29.6 Å². The Bertz CT molecular complexity index is 1630. The highest BCUT2D eigenvalue weighted by Gasteiger charge is 2.21. The van der Waals surface area contributed by atoms with Crippen molar-refractivity contribution in [1.29, 1.82) is 10.5 Å². The number of carbonyl (C=O) groups excluding carboxylic acids is 1. The molecule has 1 amide bonds. The molecule has 0 saturated carbocycles. The van der Waals surface area contributed by atoms with Crippen LogP contribution >= 0.6 is 23.1 Å². The normalized spacial score (nSPS) is 10.8. The lowest BCUT2D eigenvalue weighted by Crippen LogP contribution is -2.15. The second-order valence-corrected chi connectivity index (χ2v) is 10.9. The average molecular weight is 548 g/mol. The van der Waals surface area contributed by atoms with Crippen molar-refractivity contribution < 1.29 is 13.2 Å². The number of rotatable bonds is 8. The summed E-state index contributed by atoms with van der Waals surface area (Å²) in [6.07, 6.45) is 1.49. The first-order chi connectivity index (χ1) is 17.8. The Morgan fingerprint density at radius 2 is 1.76 bits per heavy atom. The molecule has 0 aliphatic carbocycles. The van der Waals surface area contributed by atoms with Crippen LogP contribution in [0.25, 0.3) is 11.1 Å². The SMILES string of the molecule is N#Cc1c(N)nc(SCC(=O)Nc2ccc(S(=O)(=O)Nc3nccs3)cc2)c(C#N)c1-c1ccccc1. The van der Waals surface area contributed by atoms with Gasteiger partial charge in [-0.2, -0.15) is 10.5 Å². The number of hydrogen-bond donors (Lipinski definition) is 3. The van der Waals surface area contributed by atoms with E-state index in [0.717, 1.165) is 23.1 Å². The topological polar surface area (TPSA) is 175 Å². The van der Waals surface area contributed by atoms with E-state index in [4.69, 9.17) is 5.73 Å². The number of aromatic nitrogens is 2. The van der Waals surface area contributed by atoms with Gasteiger partial charge in [0.15, 0.2) is 5.13 Å². The molecule has 0 radical (unpaired) electrons. The molecule has 4 aromatic rings. The fourth-order valence-electron chi connectivity index (χ4n) is 3.29. The maximum atomic E-state index is 12.6. The predicted molar refractivity (Wildman–Crippen MR) is 142 cm³/mol. The van der Waals surface area contributed by atoms with Gasteiger partial charge in [0.05, 0.1) is 16.2 Å². The summed E-state index contributed by atoms with van der Waals surface area (Å²) in [6, 6.07) is 18.6. The van der Waals surface area contributed by atoms with Gasteiger partial charge in [0.2, 0.25) is 5.91 Å². The van der Waals surface area contributed by atoms with Gasteiger partial charge in [-0.05, 0) is 29.8 Å². The molecule has 2 aromatic heterocycles. The minimum atomic E-state index is -3.81. The van der Waals surface area contributed by atoms with Gasteiger partial charge in [-0.15, -0.1) is 11.3 Å². The summed E-state index contributed by atoms with van der Waals surface area (Å²) in [6.45, 7) is 0. The molecule has 0 aliphatic heterocycles. The van der Waals surface area contributed by atoms with Gasteiger partial charge in [0.1, 0.15) is 28.5 Å². The third-order valence-corrected chi connectivity index (χ3v) is 8.07. The summed E-state index contributed by atoms with van der Waals surface area (Å²) >= 11 is 2.16. The van der Waals surface area contributed by atoms with E-state index in [1.807, 2.05) is 12.1 Å². The molecule has 184 valence electrons. The fraction of sp³-hybridized carbons (Fsp3) is 0.0417. The van der Waals surface area contributed by atoms with Crippen LogP contribution in [0.2, 0.25) is 0 Å². The molecule has 13 heteroatoms. The molecule has 10 nitrogen and oxygen atoms in total. The van der Waals surface area contributed by atoms with Crippen LogP contribution in [0, 0.1) is 22.7 Å². The van der Waals surface area contributed by atoms with Crippen molar-refractivity contribution in [1.82, 2.24) is 9.97 Å². The summed E-state index contributed by atoms with van der Waals surface area (Å²) in [5.74, 6) is -0.546. The molecule has 0 spiro atoms. The molecule has 0 bridgehead atoms. The van der Waals surface area contributed by atoms with E-state index >= 15 is 0 Å². The van der Waals surface area contributed by atoms with Crippen LogP contribution in [0.1, 0.15) is 11.1 Å². The van der Waals surface area contributed by atoms with E-state index in [0.29, 0.717) is 16.8 Å². The zero-order chi connectivity index (χ0) is 26.4. The highest BCUT2D eigenvalue weighted by molar-refractivity contribution is 8.00. The van der Waals surface area contributed by atoms with Crippen LogP contribution in [0.5, 0.6) is 0 Å². The largest absolute Gasteiger partial charge is 0.383 e. The monoisotopic (exact) mass is 547 g/mol. The first-order valence-electron chi connectivity index (χ1n) is 10.5. The molecule has 0 aliphatic rings. The Balaban J connectivity index is 1.48. The first-order valence-corrected chi connectivity index (χ1v) is 13.8. The smallest absolute Gasteiger partial charge is 0.263 e. The molecule has 2 aromatic carbocycles. The Kier molecular flexibility index (Phi) is 7.69. The molecule has 0 fully saturated rings. The van der Waals surface area contributed by atoms with Gasteiger partial charge in [-0.25, -0.2) is 18.4 Å². The quantitative estimate of drug-likeness (QED) is 0.275. The third-order valence-electron chi connectivity index (χ3n) is 4.92. The van der Waals surface area contributed by atoms with Gasteiger partial charge >= 0.3 is 0 Å². The lowest BCUT2D eigenvalue weighted by atomic mass is 9.97. The van der Waals surface area contributed by atoms with Crippen LogP contribution in [-0.4, -0.2) is 30.0 Å². The summed E-state index contributed by atoms with van der Waals surface area (Å²) in [5.41, 5.74) is 7.63. The van der Waals surface area contributed by atoms with E-state index in [-0.39, 0.29) is 37.8 Å². The number of anilines is 3. The second kappa shape index (κ2) is 11.1. The first kappa shape index (κ1) is 25.7. The van der Waals surface area contributed by atoms with Crippen LogP contribution in [-0.2, 0) is 14.8 Å². The van der Waals surface area contributed by atoms with Crippen molar-refractivity contribution in [2.24, 2.45) is 0 Å². The zero-order valence-corrected chi connectivity index (χ0v) is 21.3. The highest BCUT2D eigenvalue weighted by Crippen LogP contribution is 2.35. The molecular weight excluding hydrogens is 531 g/mol. The predicted octanol–water partition coefficient (Wildman–Crippen LogP) is 4.06. The van der Waals surface area contributed by atoms with Gasteiger partial charge < -0.3 is 11.1 Å². The van der Waals surface area contributed by atoms with Crippen molar-refractivity contribution in [3.05, 3.63) is 77.3 Å². The molecule has 37 heavy (non-hydrogen) atoms. The standard InChI is InChI=1S/C24H17N7O3S3/c25-12-18-21(15-4-2-1-3-5-15)19(13-26)23(30-22(18)27)36-14-20(32)29-16-6-8-17(9-7-16)37(33,34)31-24-28-10-11-35-24/h1-11H,14H2,(H2,27,30)(H,28,31)(H,29,32). The number of pyridine rings is 1. The molecule has 0 unspecified atom stereocenters. The van der Waals surface area contributed by atoms with Crippen LogP contribution < -0.4 is 15.8 Å². The molecule has 2 heterocycles. The lowest BCUT2D eigenvalue weighted by molar-refractivity contribution is -0.113. The second-order valence-electron chi connectivity index (χ2n) is 7.32. The number of hydrogen-bond acceptors (Lipinski definition) is 10. The highest BCUT2D eigenvalue weighted by atomic mass is 32.2. The summed E-state index contributed by atoms with van der Waals surface area (Å²) in [4.78, 5) is 20.7. The van der Waals surface area contributed by atoms with Gasteiger partial charge in [0, 0.05) is 22.8 Å². The number of nitrogens with zero attached hydrogens (tertiary/aromatic N) is 4. The molecule has 4 rings (SSSR count). The lowest BCUT2D eigenvalue weighted by Gasteiger charge is -2.13. The van der Waals surface area contributed by atoms with Crippen LogP contribution in [0.4, 0.5) is 16.6 Å². The van der Waals surface area contributed by atoms with Gasteiger partial charge in [0.25, 0.3) is 10.0 Å². The minimum Gasteiger partial charge on any atom is -0.383 e. The van der Waals surface area contributed by atoms with E-state index in [1.165, 1.54) is 30.5 Å². The summed E-state index contributed by atoms with van der Waals surface area (Å²) in [7, 11) is -3.81. The third kappa shape index (κ3) is 5.87. The number of sulfonamides is 1. The van der Waals surface area contributed by atoms with E-state index in [2.05, 4.69) is 26.1 Å². The minimum absolute atomic E-state index is 0.0134. The van der Waals surface area contributed by atoms with E-state index < -0.39 is 15.9 Å². The Labute approximate surface area is 220 Å². The van der Waals surface area contributed by atoms with Crippen molar-refractivity contribution in [3.63, 3.8) is 0 Å². The number of thiazole rings is 1. The van der Waals surface area contributed by atoms with Crippen molar-refractivity contribution in [2.75, 3.05) is 21.5 Å². The number of benzene rings is 2. The number of carbonyl (C=O) groups is 1. The summed E-state index contributed by atoms with van der Waals surface area (Å²) < 4.78 is 27.3. The van der Waals surface area contributed by atoms with Crippen molar-refractivity contribution >= 4 is 55.7 Å². The maximum absolute atomic E-state index is 12.6. The maximum Gasteiger partial charge on any atom is 0.263 e. The number of nitrogens with two attached hydrogens (primary N) is 1. The van der Waals surface area contributed by atoms with E-state index in [9.17, 15) is 23.7 Å². The van der Waals surface area contributed by atoms with Crippen LogP contribution in [0.3, 0.4) is 0 Å². The molecule has 0 atom stereocenters. The van der Waals surface area contributed by atoms with Crippen molar-refractivity contribution in [3.8, 4) is 23.3 Å². The van der Waals surface area contributed by atoms with Crippen molar-refractivity contribution in [2.45, 2.75) is 9.92 Å². The number of nitriles is 2. The zero-order valence-electron chi connectivity index (χ0n) is 18.9. The number of amides is 1. The van der Waals surface area contributed by atoms with Crippen LogP contribution in [0.15, 0.2) is 76.1 Å². The van der Waals surface area contributed by atoms with Gasteiger partial charge in [-0.3, -0.25) is 9.52 Å². The number of thioether (sulfide) groups is 1. The Morgan fingerprint density at radius 1 is 1.05 bits per heavy atom. The number of nitrogens with one attached hydrogen (secondary N) is 2. The Hall–Kier alpha value is -4.43. The summed E-state index contributed by atoms with van der Waals surface area (Å²) in [5, 5.41) is 24.2. The van der Waals surface area contributed by atoms with Gasteiger partial charge in [-0.1, -0.05) is 42.1 Å². The average Bonchev–Trinajstić information content (AvgIpc) is 3.40.